The molecule has 30 heavy (non-hydrogen) atoms. The van der Waals surface area contributed by atoms with Crippen molar-refractivity contribution in [1.82, 2.24) is 30.4 Å². The third-order valence-electron chi connectivity index (χ3n) is 5.96. The number of hydrogen-bond acceptors (Lipinski definition) is 7. The van der Waals surface area contributed by atoms with E-state index in [0.29, 0.717) is 19.3 Å². The van der Waals surface area contributed by atoms with Crippen molar-refractivity contribution >= 4 is 16.9 Å². The van der Waals surface area contributed by atoms with E-state index in [9.17, 15) is 0 Å². The molecule has 5 rings (SSSR count). The Morgan fingerprint density at radius 1 is 1.23 bits per heavy atom. The maximum absolute atomic E-state index is 5.43. The lowest BCUT2D eigenvalue weighted by molar-refractivity contribution is 0.122. The van der Waals surface area contributed by atoms with Crippen LogP contribution in [0.5, 0.6) is 0 Å². The number of anilines is 1. The van der Waals surface area contributed by atoms with E-state index in [4.69, 9.17) is 14.8 Å². The number of nitrogens with zero attached hydrogens (tertiary/aromatic N) is 5. The molecule has 3 aromatic rings. The van der Waals surface area contributed by atoms with Gasteiger partial charge in [0.1, 0.15) is 0 Å². The molecule has 2 aromatic heterocycles. The Morgan fingerprint density at radius 2 is 2.13 bits per heavy atom. The van der Waals surface area contributed by atoms with Gasteiger partial charge in [0.25, 0.3) is 0 Å². The van der Waals surface area contributed by atoms with Gasteiger partial charge in [-0.1, -0.05) is 12.1 Å². The Balaban J connectivity index is 1.38. The zero-order valence-electron chi connectivity index (χ0n) is 17.4. The highest BCUT2D eigenvalue weighted by Gasteiger charge is 2.17. The largest absolute Gasteiger partial charge is 0.378 e. The third-order valence-corrected chi connectivity index (χ3v) is 5.96. The van der Waals surface area contributed by atoms with E-state index in [1.807, 2.05) is 17.8 Å². The molecule has 0 saturated carbocycles. The summed E-state index contributed by atoms with van der Waals surface area (Å²) < 4.78 is 7.41. The summed E-state index contributed by atoms with van der Waals surface area (Å²) in [5.74, 6) is 0.718. The SMILES string of the molecule is Cn1nc(CCC2CNCCN2)c2ccc(-c3c[c]nc(N4CCOCC4)n3)cc21. The fourth-order valence-corrected chi connectivity index (χ4v) is 4.27. The predicted octanol–water partition coefficient (Wildman–Crippen LogP) is 1.16. The second-order valence-electron chi connectivity index (χ2n) is 7.98. The van der Waals surface area contributed by atoms with Crippen molar-refractivity contribution in [1.29, 1.82) is 0 Å². The summed E-state index contributed by atoms with van der Waals surface area (Å²) in [7, 11) is 2.02. The predicted molar refractivity (Wildman–Crippen MR) is 117 cm³/mol. The number of fused-ring (bicyclic) bond motifs is 1. The first-order chi connectivity index (χ1) is 14.8. The lowest BCUT2D eigenvalue weighted by Crippen LogP contribution is -2.48. The van der Waals surface area contributed by atoms with Crippen LogP contribution in [0.15, 0.2) is 24.3 Å². The first kappa shape index (κ1) is 19.4. The molecule has 2 saturated heterocycles. The van der Waals surface area contributed by atoms with E-state index in [-0.39, 0.29) is 0 Å². The van der Waals surface area contributed by atoms with E-state index in [1.165, 1.54) is 5.39 Å². The topological polar surface area (TPSA) is 80.1 Å². The normalized spacial score (nSPS) is 20.0. The lowest BCUT2D eigenvalue weighted by Gasteiger charge is -2.26. The summed E-state index contributed by atoms with van der Waals surface area (Å²) in [6, 6.07) is 8.85. The number of rotatable bonds is 5. The molecule has 8 nitrogen and oxygen atoms in total. The van der Waals surface area contributed by atoms with Gasteiger partial charge in [0, 0.05) is 56.8 Å². The molecule has 157 valence electrons. The van der Waals surface area contributed by atoms with E-state index in [0.717, 1.165) is 74.0 Å². The monoisotopic (exact) mass is 406 g/mol. The number of morpholine rings is 1. The summed E-state index contributed by atoms with van der Waals surface area (Å²) in [5, 5.41) is 13.1. The minimum absolute atomic E-state index is 0.519. The first-order valence-corrected chi connectivity index (χ1v) is 10.8. The highest BCUT2D eigenvalue weighted by Crippen LogP contribution is 2.26. The van der Waals surface area contributed by atoms with Crippen LogP contribution in [0.2, 0.25) is 0 Å². The van der Waals surface area contributed by atoms with E-state index < -0.39 is 0 Å². The molecule has 1 aromatic carbocycles. The van der Waals surface area contributed by atoms with Crippen molar-refractivity contribution in [3.05, 3.63) is 36.2 Å². The van der Waals surface area contributed by atoms with Crippen LogP contribution in [0.1, 0.15) is 12.1 Å². The molecule has 0 spiro atoms. The lowest BCUT2D eigenvalue weighted by atomic mass is 10.0. The highest BCUT2D eigenvalue weighted by molar-refractivity contribution is 5.86. The van der Waals surface area contributed by atoms with Gasteiger partial charge >= 0.3 is 0 Å². The van der Waals surface area contributed by atoms with Crippen LogP contribution < -0.4 is 15.5 Å². The van der Waals surface area contributed by atoms with Gasteiger partial charge in [-0.2, -0.15) is 5.10 Å². The van der Waals surface area contributed by atoms with Crippen molar-refractivity contribution < 1.29 is 4.74 Å². The van der Waals surface area contributed by atoms with Crippen LogP contribution in [0, 0.1) is 6.20 Å². The third kappa shape index (κ3) is 4.03. The van der Waals surface area contributed by atoms with Crippen molar-refractivity contribution in [3.8, 4) is 11.3 Å². The molecular weight excluding hydrogens is 378 g/mol. The Bertz CT molecular complexity index is 1010. The molecule has 2 aliphatic rings. The fourth-order valence-electron chi connectivity index (χ4n) is 4.27. The average molecular weight is 407 g/mol. The molecule has 8 heteroatoms. The Kier molecular flexibility index (Phi) is 5.61. The Morgan fingerprint density at radius 3 is 2.97 bits per heavy atom. The van der Waals surface area contributed by atoms with Gasteiger partial charge < -0.3 is 20.3 Å². The minimum Gasteiger partial charge on any atom is -0.378 e. The molecular formula is C22H28N7O. The van der Waals surface area contributed by atoms with Crippen LogP contribution >= 0.6 is 0 Å². The van der Waals surface area contributed by atoms with Gasteiger partial charge in [0.2, 0.25) is 5.95 Å². The van der Waals surface area contributed by atoms with Gasteiger partial charge in [0.15, 0.2) is 0 Å². The maximum Gasteiger partial charge on any atom is 0.226 e. The highest BCUT2D eigenvalue weighted by atomic mass is 16.5. The smallest absolute Gasteiger partial charge is 0.226 e. The second-order valence-corrected chi connectivity index (χ2v) is 7.98. The van der Waals surface area contributed by atoms with E-state index in [2.05, 4.69) is 44.9 Å². The number of hydrogen-bond donors (Lipinski definition) is 2. The number of aromatic nitrogens is 4. The molecule has 0 amide bonds. The quantitative estimate of drug-likeness (QED) is 0.658. The number of nitrogens with one attached hydrogen (secondary N) is 2. The van der Waals surface area contributed by atoms with Crippen molar-refractivity contribution in [3.63, 3.8) is 0 Å². The zero-order chi connectivity index (χ0) is 20.3. The summed E-state index contributed by atoms with van der Waals surface area (Å²) in [6.07, 6.45) is 5.08. The number of aryl methyl sites for hydroxylation is 2. The minimum atomic E-state index is 0.519. The van der Waals surface area contributed by atoms with Crippen LogP contribution in [0.25, 0.3) is 22.2 Å². The van der Waals surface area contributed by atoms with Crippen molar-refractivity contribution in [2.45, 2.75) is 18.9 Å². The number of ether oxygens (including phenoxy) is 1. The molecule has 1 unspecified atom stereocenters. The number of piperazine rings is 1. The molecule has 0 aliphatic carbocycles. The molecule has 4 heterocycles. The summed E-state index contributed by atoms with van der Waals surface area (Å²) in [4.78, 5) is 11.3. The van der Waals surface area contributed by atoms with Crippen molar-refractivity contribution in [2.24, 2.45) is 7.05 Å². The van der Waals surface area contributed by atoms with Gasteiger partial charge in [-0.15, -0.1) is 0 Å². The molecule has 0 bridgehead atoms. The maximum atomic E-state index is 5.43. The van der Waals surface area contributed by atoms with Gasteiger partial charge in [0.05, 0.1) is 36.3 Å². The van der Waals surface area contributed by atoms with E-state index >= 15 is 0 Å². The van der Waals surface area contributed by atoms with Crippen LogP contribution in [0.4, 0.5) is 5.95 Å². The Hall–Kier alpha value is -2.55. The average Bonchev–Trinajstić information content (AvgIpc) is 3.14. The van der Waals surface area contributed by atoms with Gasteiger partial charge in [-0.3, -0.25) is 4.68 Å². The van der Waals surface area contributed by atoms with Crippen LogP contribution in [0.3, 0.4) is 0 Å². The Labute approximate surface area is 176 Å². The first-order valence-electron chi connectivity index (χ1n) is 10.8. The number of benzene rings is 1. The molecule has 2 N–H and O–H groups in total. The fraction of sp³-hybridized carbons (Fsp3) is 0.500. The summed E-state index contributed by atoms with van der Waals surface area (Å²) in [5.41, 5.74) is 4.23. The molecule has 1 radical (unpaired) electrons. The molecule has 2 aliphatic heterocycles. The molecule has 1 atom stereocenters. The zero-order valence-corrected chi connectivity index (χ0v) is 17.4. The summed E-state index contributed by atoms with van der Waals surface area (Å²) in [6.45, 7) is 6.18. The van der Waals surface area contributed by atoms with Gasteiger partial charge in [-0.05, 0) is 25.0 Å². The van der Waals surface area contributed by atoms with Crippen LogP contribution in [-0.4, -0.2) is 71.7 Å². The van der Waals surface area contributed by atoms with Gasteiger partial charge in [-0.25, -0.2) is 9.97 Å². The second kappa shape index (κ2) is 8.67. The molecule has 2 fully saturated rings. The standard InChI is InChI=1S/C22H28N7O/c1-28-21-14-16(19-6-7-25-22(26-19)29-10-12-30-13-11-29)2-4-18(21)20(27-28)5-3-17-15-23-8-9-24-17/h2,4,6,14,17,23-24H,3,5,8-13,15H2,1H3. The van der Waals surface area contributed by atoms with Crippen molar-refractivity contribution in [2.75, 3.05) is 50.8 Å². The van der Waals surface area contributed by atoms with E-state index in [1.54, 1.807) is 0 Å². The van der Waals surface area contributed by atoms with Crippen LogP contribution in [-0.2, 0) is 18.2 Å². The summed E-state index contributed by atoms with van der Waals surface area (Å²) >= 11 is 0.